The van der Waals surface area contributed by atoms with Crippen LogP contribution in [0.25, 0.3) is 0 Å². The van der Waals surface area contributed by atoms with Crippen LogP contribution >= 0.6 is 11.6 Å². The summed E-state index contributed by atoms with van der Waals surface area (Å²) in [7, 11) is 0. The van der Waals surface area contributed by atoms with Gasteiger partial charge in [0.05, 0.1) is 12.6 Å². The lowest BCUT2D eigenvalue weighted by Crippen LogP contribution is -2.32. The van der Waals surface area contributed by atoms with E-state index in [0.717, 1.165) is 12.0 Å². The van der Waals surface area contributed by atoms with Gasteiger partial charge in [-0.1, -0.05) is 36.7 Å². The minimum absolute atomic E-state index is 0.166. The number of hydrogen-bond acceptors (Lipinski definition) is 4. The molecule has 2 aromatic rings. The molecule has 7 nitrogen and oxygen atoms in total. The van der Waals surface area contributed by atoms with Gasteiger partial charge >= 0.3 is 0 Å². The number of nitrogens with zero attached hydrogens (tertiary/aromatic N) is 3. The predicted molar refractivity (Wildman–Crippen MR) is 97.1 cm³/mol. The van der Waals surface area contributed by atoms with Crippen LogP contribution in [0.2, 0.25) is 5.02 Å². The van der Waals surface area contributed by atoms with Crippen molar-refractivity contribution >= 4 is 23.4 Å². The molecule has 1 aromatic heterocycles. The Morgan fingerprint density at radius 3 is 2.96 bits per heavy atom. The molecule has 0 aliphatic carbocycles. The van der Waals surface area contributed by atoms with Crippen LogP contribution < -0.4 is 5.32 Å². The topological polar surface area (TPSA) is 87.5 Å². The Bertz CT molecular complexity index is 821. The van der Waals surface area contributed by atoms with Crippen molar-refractivity contribution in [3.63, 3.8) is 0 Å². The summed E-state index contributed by atoms with van der Waals surface area (Å²) in [5.74, 6) is -0.615. The molecule has 0 fully saturated rings. The van der Waals surface area contributed by atoms with E-state index in [-0.39, 0.29) is 36.3 Å². The average Bonchev–Trinajstić information content (AvgIpc) is 2.98. The van der Waals surface area contributed by atoms with E-state index in [9.17, 15) is 14.7 Å². The highest BCUT2D eigenvalue weighted by atomic mass is 35.5. The Morgan fingerprint density at radius 2 is 2.23 bits per heavy atom. The molecule has 0 spiro atoms. The minimum Gasteiger partial charge on any atom is -0.389 e. The van der Waals surface area contributed by atoms with Crippen molar-refractivity contribution < 1.29 is 14.7 Å². The van der Waals surface area contributed by atoms with Gasteiger partial charge < -0.3 is 15.3 Å². The molecule has 1 aliphatic heterocycles. The monoisotopic (exact) mass is 376 g/mol. The molecule has 0 bridgehead atoms. The van der Waals surface area contributed by atoms with E-state index in [0.29, 0.717) is 18.1 Å². The Morgan fingerprint density at radius 1 is 1.46 bits per heavy atom. The number of amides is 2. The highest BCUT2D eigenvalue weighted by Crippen LogP contribution is 2.19. The molecule has 1 aliphatic rings. The lowest BCUT2D eigenvalue weighted by molar-refractivity contribution is 0.0735. The summed E-state index contributed by atoms with van der Waals surface area (Å²) in [6, 6.07) is 8.86. The molecule has 138 valence electrons. The third-order valence-electron chi connectivity index (χ3n) is 4.21. The fraction of sp³-hybridized carbons (Fsp3) is 0.389. The van der Waals surface area contributed by atoms with Gasteiger partial charge in [0.1, 0.15) is 5.69 Å². The van der Waals surface area contributed by atoms with Crippen molar-refractivity contribution in [2.45, 2.75) is 32.5 Å². The van der Waals surface area contributed by atoms with Crippen LogP contribution in [0, 0.1) is 0 Å². The molecule has 2 heterocycles. The summed E-state index contributed by atoms with van der Waals surface area (Å²) in [5, 5.41) is 17.3. The highest BCUT2D eigenvalue weighted by molar-refractivity contribution is 6.31. The molecule has 1 atom stereocenters. The molecular weight excluding hydrogens is 356 g/mol. The van der Waals surface area contributed by atoms with Crippen LogP contribution in [0.15, 0.2) is 30.3 Å². The summed E-state index contributed by atoms with van der Waals surface area (Å²) in [6.45, 7) is 3.23. The van der Waals surface area contributed by atoms with E-state index in [2.05, 4.69) is 10.4 Å². The zero-order chi connectivity index (χ0) is 18.7. The van der Waals surface area contributed by atoms with E-state index in [1.54, 1.807) is 11.0 Å². The Kier molecular flexibility index (Phi) is 5.58. The van der Waals surface area contributed by atoms with E-state index >= 15 is 0 Å². The number of β-amino-alcohol motifs (C(OH)–C–C–N with tert-alkyl or cyclic N) is 1. The first-order valence-electron chi connectivity index (χ1n) is 8.56. The smallest absolute Gasteiger partial charge is 0.274 e. The van der Waals surface area contributed by atoms with Gasteiger partial charge in [0.25, 0.3) is 11.8 Å². The highest BCUT2D eigenvalue weighted by Gasteiger charge is 2.26. The lowest BCUT2D eigenvalue weighted by Gasteiger charge is -2.22. The zero-order valence-electron chi connectivity index (χ0n) is 14.5. The summed E-state index contributed by atoms with van der Waals surface area (Å²) in [4.78, 5) is 26.7. The zero-order valence-corrected chi connectivity index (χ0v) is 15.2. The quantitative estimate of drug-likeness (QED) is 0.831. The van der Waals surface area contributed by atoms with E-state index in [1.807, 2.05) is 25.1 Å². The summed E-state index contributed by atoms with van der Waals surface area (Å²) in [6.07, 6.45) is 0.0427. The van der Waals surface area contributed by atoms with E-state index < -0.39 is 6.10 Å². The fourth-order valence-corrected chi connectivity index (χ4v) is 3.12. The normalized spacial score (nSPS) is 16.6. The van der Waals surface area contributed by atoms with Crippen LogP contribution in [0.4, 0.5) is 0 Å². The van der Waals surface area contributed by atoms with Gasteiger partial charge in [-0.25, -0.2) is 0 Å². The lowest BCUT2D eigenvalue weighted by atomic mass is 10.2. The molecular formula is C18H21ClN4O3. The second-order valence-corrected chi connectivity index (χ2v) is 6.69. The number of hydrogen-bond donors (Lipinski definition) is 2. The first kappa shape index (κ1) is 18.4. The molecule has 8 heteroatoms. The fourth-order valence-electron chi connectivity index (χ4n) is 2.93. The van der Waals surface area contributed by atoms with Crippen molar-refractivity contribution in [1.82, 2.24) is 20.0 Å². The third kappa shape index (κ3) is 3.89. The molecule has 0 unspecified atom stereocenters. The second-order valence-electron chi connectivity index (χ2n) is 6.28. The number of rotatable bonds is 5. The number of aliphatic hydroxyl groups is 1. The van der Waals surface area contributed by atoms with Gasteiger partial charge in [0, 0.05) is 30.7 Å². The number of carbonyl (C=O) groups excluding carboxylic acids is 2. The number of carbonyl (C=O) groups is 2. The van der Waals surface area contributed by atoms with Crippen LogP contribution in [-0.4, -0.2) is 50.8 Å². The van der Waals surface area contributed by atoms with Crippen LogP contribution in [0.5, 0.6) is 0 Å². The maximum atomic E-state index is 13.0. The molecule has 0 radical (unpaired) electrons. The number of aromatic nitrogens is 2. The van der Waals surface area contributed by atoms with Crippen LogP contribution in [0.1, 0.15) is 39.9 Å². The SMILES string of the molecule is CCCN(Cc1ccccc1Cl)C(=O)c1cc2n(n1)C[C@H](O)CNC2=O. The van der Waals surface area contributed by atoms with Crippen molar-refractivity contribution in [3.8, 4) is 0 Å². The van der Waals surface area contributed by atoms with Crippen molar-refractivity contribution in [2.24, 2.45) is 0 Å². The van der Waals surface area contributed by atoms with Crippen LogP contribution in [0.3, 0.4) is 0 Å². The molecule has 0 saturated carbocycles. The number of halogens is 1. The number of aliphatic hydroxyl groups excluding tert-OH is 1. The number of benzene rings is 1. The van der Waals surface area contributed by atoms with E-state index in [4.69, 9.17) is 11.6 Å². The first-order chi connectivity index (χ1) is 12.5. The molecule has 2 N–H and O–H groups in total. The molecule has 0 saturated heterocycles. The van der Waals surface area contributed by atoms with Gasteiger partial charge in [-0.15, -0.1) is 0 Å². The number of nitrogens with one attached hydrogen (secondary N) is 1. The van der Waals surface area contributed by atoms with Crippen molar-refractivity contribution in [3.05, 3.63) is 52.3 Å². The van der Waals surface area contributed by atoms with Gasteiger partial charge in [0.2, 0.25) is 0 Å². The van der Waals surface area contributed by atoms with E-state index in [1.165, 1.54) is 10.7 Å². The molecule has 1 aromatic carbocycles. The first-order valence-corrected chi connectivity index (χ1v) is 8.94. The molecule has 26 heavy (non-hydrogen) atoms. The Balaban J connectivity index is 1.86. The van der Waals surface area contributed by atoms with Gasteiger partial charge in [-0.3, -0.25) is 14.3 Å². The third-order valence-corrected chi connectivity index (χ3v) is 4.58. The summed E-state index contributed by atoms with van der Waals surface area (Å²) < 4.78 is 1.39. The molecule has 2 amide bonds. The maximum absolute atomic E-state index is 13.0. The standard InChI is InChI=1S/C18H21ClN4O3/c1-2-7-22(10-12-5-3-4-6-14(12)19)18(26)15-8-16-17(25)20-9-13(24)11-23(16)21-15/h3-6,8,13,24H,2,7,9-11H2,1H3,(H,20,25)/t13-/m1/s1. The van der Waals surface area contributed by atoms with Crippen molar-refractivity contribution in [1.29, 1.82) is 0 Å². The molecule has 3 rings (SSSR count). The number of fused-ring (bicyclic) bond motifs is 1. The van der Waals surface area contributed by atoms with Crippen LogP contribution in [-0.2, 0) is 13.1 Å². The summed E-state index contributed by atoms with van der Waals surface area (Å²) >= 11 is 6.22. The van der Waals surface area contributed by atoms with Gasteiger partial charge in [-0.2, -0.15) is 5.10 Å². The van der Waals surface area contributed by atoms with Gasteiger partial charge in [0.15, 0.2) is 5.69 Å². The largest absolute Gasteiger partial charge is 0.389 e. The second kappa shape index (κ2) is 7.88. The minimum atomic E-state index is -0.738. The van der Waals surface area contributed by atoms with Gasteiger partial charge in [-0.05, 0) is 18.1 Å². The maximum Gasteiger partial charge on any atom is 0.274 e. The van der Waals surface area contributed by atoms with Crippen molar-refractivity contribution in [2.75, 3.05) is 13.1 Å². The summed E-state index contributed by atoms with van der Waals surface area (Å²) in [5.41, 5.74) is 1.31. The Labute approximate surface area is 156 Å². The predicted octanol–water partition coefficient (Wildman–Crippen LogP) is 1.69. The Hall–Kier alpha value is -2.38. The average molecular weight is 377 g/mol.